The van der Waals surface area contributed by atoms with E-state index < -0.39 is 17.6 Å². The molecule has 1 saturated heterocycles. The Hall–Kier alpha value is -3.09. The second-order valence-corrected chi connectivity index (χ2v) is 6.66. The smallest absolute Gasteiger partial charge is 0.255 e. The number of anilines is 1. The number of carbonyl (C=O) groups excluding carboxylic acids is 1. The Morgan fingerprint density at radius 2 is 1.93 bits per heavy atom. The fourth-order valence-electron chi connectivity index (χ4n) is 3.49. The number of amidine groups is 1. The molecule has 0 aliphatic carbocycles. The highest BCUT2D eigenvalue weighted by Crippen LogP contribution is 2.32. The topological polar surface area (TPSA) is 74.2 Å². The number of amides is 1. The number of benzene rings is 2. The van der Waals surface area contributed by atoms with Gasteiger partial charge >= 0.3 is 0 Å². The van der Waals surface area contributed by atoms with Crippen molar-refractivity contribution in [2.24, 2.45) is 4.99 Å². The SMILES string of the molecule is COc1cc(C2=NC(c3ccc(N4CCCC4)cc3)C(=O)N2)cc(F)c1O. The van der Waals surface area contributed by atoms with Gasteiger partial charge in [0.2, 0.25) is 0 Å². The number of ether oxygens (including phenoxy) is 1. The molecule has 6 nitrogen and oxygen atoms in total. The Bertz CT molecular complexity index is 905. The third-order valence-electron chi connectivity index (χ3n) is 4.95. The number of aromatic hydroxyl groups is 1. The van der Waals surface area contributed by atoms with Gasteiger partial charge in [-0.05, 0) is 42.7 Å². The van der Waals surface area contributed by atoms with Crippen LogP contribution in [0.3, 0.4) is 0 Å². The predicted octanol–water partition coefficient (Wildman–Crippen LogP) is 2.76. The Morgan fingerprint density at radius 3 is 2.59 bits per heavy atom. The van der Waals surface area contributed by atoms with Gasteiger partial charge in [0, 0.05) is 24.3 Å². The van der Waals surface area contributed by atoms with E-state index >= 15 is 0 Å². The first-order valence-corrected chi connectivity index (χ1v) is 8.87. The Balaban J connectivity index is 1.60. The van der Waals surface area contributed by atoms with Gasteiger partial charge in [0.05, 0.1) is 7.11 Å². The fraction of sp³-hybridized carbons (Fsp3) is 0.300. The quantitative estimate of drug-likeness (QED) is 0.869. The van der Waals surface area contributed by atoms with Crippen molar-refractivity contribution < 1.29 is 19.0 Å². The first-order chi connectivity index (χ1) is 13.1. The third kappa shape index (κ3) is 3.20. The molecule has 2 aromatic rings. The van der Waals surface area contributed by atoms with Crippen molar-refractivity contribution in [2.75, 3.05) is 25.1 Å². The van der Waals surface area contributed by atoms with Crippen LogP contribution in [0, 0.1) is 5.82 Å². The van der Waals surface area contributed by atoms with E-state index in [0.29, 0.717) is 5.56 Å². The van der Waals surface area contributed by atoms with Crippen molar-refractivity contribution in [3.63, 3.8) is 0 Å². The highest BCUT2D eigenvalue weighted by molar-refractivity contribution is 6.14. The molecule has 2 N–H and O–H groups in total. The van der Waals surface area contributed by atoms with Gasteiger partial charge in [-0.15, -0.1) is 0 Å². The van der Waals surface area contributed by atoms with Gasteiger partial charge in [-0.3, -0.25) is 4.79 Å². The molecule has 0 radical (unpaired) electrons. The van der Waals surface area contributed by atoms with Gasteiger partial charge in [0.15, 0.2) is 23.4 Å². The number of methoxy groups -OCH3 is 1. The molecule has 0 saturated carbocycles. The van der Waals surface area contributed by atoms with Gasteiger partial charge < -0.3 is 20.1 Å². The van der Waals surface area contributed by atoms with Crippen LogP contribution in [0.2, 0.25) is 0 Å². The predicted molar refractivity (Wildman–Crippen MR) is 99.9 cm³/mol. The summed E-state index contributed by atoms with van der Waals surface area (Å²) in [6.45, 7) is 2.11. The maximum Gasteiger partial charge on any atom is 0.255 e. The van der Waals surface area contributed by atoms with Crippen LogP contribution in [0.5, 0.6) is 11.5 Å². The summed E-state index contributed by atoms with van der Waals surface area (Å²) in [5.41, 5.74) is 2.26. The van der Waals surface area contributed by atoms with Crippen molar-refractivity contribution >= 4 is 17.4 Å². The molecule has 0 aromatic heterocycles. The summed E-state index contributed by atoms with van der Waals surface area (Å²) in [5.74, 6) is -1.43. The third-order valence-corrected chi connectivity index (χ3v) is 4.95. The molecule has 0 spiro atoms. The van der Waals surface area contributed by atoms with Crippen LogP contribution in [0.4, 0.5) is 10.1 Å². The van der Waals surface area contributed by atoms with E-state index in [9.17, 15) is 14.3 Å². The summed E-state index contributed by atoms with van der Waals surface area (Å²) < 4.78 is 18.9. The molecule has 2 aliphatic heterocycles. The summed E-state index contributed by atoms with van der Waals surface area (Å²) in [4.78, 5) is 19.1. The lowest BCUT2D eigenvalue weighted by molar-refractivity contribution is -0.120. The monoisotopic (exact) mass is 369 g/mol. The van der Waals surface area contributed by atoms with Gasteiger partial charge in [-0.1, -0.05) is 12.1 Å². The summed E-state index contributed by atoms with van der Waals surface area (Å²) >= 11 is 0. The molecule has 1 unspecified atom stereocenters. The molecule has 7 heteroatoms. The van der Waals surface area contributed by atoms with Crippen LogP contribution in [0.25, 0.3) is 0 Å². The Morgan fingerprint density at radius 1 is 1.22 bits per heavy atom. The van der Waals surface area contributed by atoms with E-state index in [1.807, 2.05) is 24.3 Å². The fourth-order valence-corrected chi connectivity index (χ4v) is 3.49. The summed E-state index contributed by atoms with van der Waals surface area (Å²) in [7, 11) is 1.33. The molecule has 1 fully saturated rings. The van der Waals surface area contributed by atoms with E-state index in [1.165, 1.54) is 26.0 Å². The second-order valence-electron chi connectivity index (χ2n) is 6.66. The molecule has 140 valence electrons. The lowest BCUT2D eigenvalue weighted by Crippen LogP contribution is -2.26. The maximum absolute atomic E-state index is 13.9. The highest BCUT2D eigenvalue weighted by atomic mass is 19.1. The Labute approximate surface area is 156 Å². The van der Waals surface area contributed by atoms with Gasteiger partial charge in [0.1, 0.15) is 5.84 Å². The number of hydrogen-bond acceptors (Lipinski definition) is 5. The van der Waals surface area contributed by atoms with Crippen molar-refractivity contribution in [3.8, 4) is 11.5 Å². The minimum absolute atomic E-state index is 0.0136. The van der Waals surface area contributed by atoms with Crippen molar-refractivity contribution in [2.45, 2.75) is 18.9 Å². The van der Waals surface area contributed by atoms with E-state index in [2.05, 4.69) is 15.2 Å². The number of hydrogen-bond donors (Lipinski definition) is 2. The lowest BCUT2D eigenvalue weighted by atomic mass is 10.1. The number of carbonyl (C=O) groups is 1. The first-order valence-electron chi connectivity index (χ1n) is 8.87. The summed E-state index contributed by atoms with van der Waals surface area (Å²) in [6, 6.07) is 9.70. The molecule has 27 heavy (non-hydrogen) atoms. The van der Waals surface area contributed by atoms with E-state index in [1.54, 1.807) is 0 Å². The van der Waals surface area contributed by atoms with Crippen molar-refractivity contribution in [1.82, 2.24) is 5.32 Å². The molecule has 0 bridgehead atoms. The zero-order chi connectivity index (χ0) is 19.0. The molecular formula is C20H20FN3O3. The van der Waals surface area contributed by atoms with Gasteiger partial charge in [0.25, 0.3) is 5.91 Å². The van der Waals surface area contributed by atoms with Crippen LogP contribution < -0.4 is 15.0 Å². The minimum Gasteiger partial charge on any atom is -0.502 e. The maximum atomic E-state index is 13.9. The number of phenols is 1. The standard InChI is InChI=1S/C20H20FN3O3/c1-27-16-11-13(10-15(21)18(16)25)19-22-17(20(26)23-19)12-4-6-14(7-5-12)24-8-2-3-9-24/h4-7,10-11,17,25H,2-3,8-9H2,1H3,(H,22,23,26). The number of rotatable bonds is 4. The summed E-state index contributed by atoms with van der Waals surface area (Å²) in [5, 5.41) is 12.3. The van der Waals surface area contributed by atoms with Crippen LogP contribution in [0.15, 0.2) is 41.4 Å². The van der Waals surface area contributed by atoms with E-state index in [0.717, 1.165) is 30.4 Å². The van der Waals surface area contributed by atoms with Crippen LogP contribution in [-0.4, -0.2) is 37.0 Å². The zero-order valence-electron chi connectivity index (χ0n) is 14.9. The van der Waals surface area contributed by atoms with Crippen LogP contribution >= 0.6 is 0 Å². The minimum atomic E-state index is -0.834. The molecule has 4 rings (SSSR count). The van der Waals surface area contributed by atoms with Crippen molar-refractivity contribution in [1.29, 1.82) is 0 Å². The number of halogens is 1. The molecule has 1 amide bonds. The average molecular weight is 369 g/mol. The van der Waals surface area contributed by atoms with E-state index in [-0.39, 0.29) is 17.5 Å². The van der Waals surface area contributed by atoms with Gasteiger partial charge in [-0.25, -0.2) is 9.38 Å². The lowest BCUT2D eigenvalue weighted by Gasteiger charge is -2.18. The number of phenolic OH excluding ortho intramolecular Hbond substituents is 1. The number of nitrogens with one attached hydrogen (secondary N) is 1. The largest absolute Gasteiger partial charge is 0.502 e. The number of nitrogens with zero attached hydrogens (tertiary/aromatic N) is 2. The molecule has 2 heterocycles. The summed E-state index contributed by atoms with van der Waals surface area (Å²) in [6.07, 6.45) is 2.40. The van der Waals surface area contributed by atoms with Crippen molar-refractivity contribution in [3.05, 3.63) is 53.3 Å². The van der Waals surface area contributed by atoms with Gasteiger partial charge in [-0.2, -0.15) is 0 Å². The first kappa shape index (κ1) is 17.3. The Kier molecular flexibility index (Phi) is 4.43. The van der Waals surface area contributed by atoms with E-state index in [4.69, 9.17) is 4.74 Å². The number of aliphatic imine (C=N–C) groups is 1. The molecular weight excluding hydrogens is 349 g/mol. The average Bonchev–Trinajstić information content (AvgIpc) is 3.34. The molecule has 1 atom stereocenters. The highest BCUT2D eigenvalue weighted by Gasteiger charge is 2.29. The second kappa shape index (κ2) is 6.90. The normalized spacial score (nSPS) is 19.2. The zero-order valence-corrected chi connectivity index (χ0v) is 14.9. The molecule has 2 aliphatic rings. The van der Waals surface area contributed by atoms with Crippen LogP contribution in [0.1, 0.15) is 30.0 Å². The molecule has 2 aromatic carbocycles. The van der Waals surface area contributed by atoms with Crippen LogP contribution in [-0.2, 0) is 4.79 Å².